The van der Waals surface area contributed by atoms with Gasteiger partial charge in [0.2, 0.25) is 0 Å². The minimum absolute atomic E-state index is 0.0156. The first kappa shape index (κ1) is 17.8. The van der Waals surface area contributed by atoms with Crippen LogP contribution in [0.2, 0.25) is 0 Å². The highest BCUT2D eigenvalue weighted by atomic mass is 16.6. The Balaban J connectivity index is 2.99. The molecule has 0 aliphatic carbocycles. The molecule has 22 heavy (non-hydrogen) atoms. The lowest BCUT2D eigenvalue weighted by Crippen LogP contribution is -2.34. The molecule has 0 fully saturated rings. The zero-order chi connectivity index (χ0) is 16.9. The molecule has 1 atom stereocenters. The first-order valence-electron chi connectivity index (χ1n) is 6.84. The van der Waals surface area contributed by atoms with E-state index in [9.17, 15) is 14.7 Å². The predicted molar refractivity (Wildman–Crippen MR) is 79.7 cm³/mol. The molecule has 0 bridgehead atoms. The van der Waals surface area contributed by atoms with E-state index >= 15 is 0 Å². The van der Waals surface area contributed by atoms with Crippen LogP contribution >= 0.6 is 0 Å². The molecule has 0 saturated heterocycles. The largest absolute Gasteiger partial charge is 0.504 e. The SMILES string of the molecule is COC(=O)C(Cc1ccc(O)c(OC)c1)C(=O)OC(C)(C)C. The average Bonchev–Trinajstić information content (AvgIpc) is 2.43. The van der Waals surface area contributed by atoms with Gasteiger partial charge in [-0.2, -0.15) is 0 Å². The molecule has 0 aromatic heterocycles. The molecule has 1 unspecified atom stereocenters. The van der Waals surface area contributed by atoms with E-state index < -0.39 is 23.5 Å². The number of hydrogen-bond acceptors (Lipinski definition) is 6. The number of carbonyl (C=O) groups excluding carboxylic acids is 2. The summed E-state index contributed by atoms with van der Waals surface area (Å²) in [5, 5.41) is 9.58. The minimum Gasteiger partial charge on any atom is -0.504 e. The summed E-state index contributed by atoms with van der Waals surface area (Å²) in [5.41, 5.74) is -0.0494. The number of esters is 2. The van der Waals surface area contributed by atoms with Crippen LogP contribution < -0.4 is 4.74 Å². The first-order chi connectivity index (χ1) is 10.2. The number of aromatic hydroxyl groups is 1. The maximum atomic E-state index is 12.2. The molecule has 1 N–H and O–H groups in total. The highest BCUT2D eigenvalue weighted by Gasteiger charge is 2.32. The minimum atomic E-state index is -1.07. The van der Waals surface area contributed by atoms with Crippen LogP contribution in [0.5, 0.6) is 11.5 Å². The van der Waals surface area contributed by atoms with E-state index in [2.05, 4.69) is 4.74 Å². The molecule has 1 rings (SSSR count). The van der Waals surface area contributed by atoms with Crippen LogP contribution in [-0.4, -0.2) is 36.9 Å². The van der Waals surface area contributed by atoms with Crippen LogP contribution in [0.3, 0.4) is 0 Å². The summed E-state index contributed by atoms with van der Waals surface area (Å²) in [7, 11) is 2.64. The Morgan fingerprint density at radius 2 is 1.82 bits per heavy atom. The number of phenols is 1. The van der Waals surface area contributed by atoms with Gasteiger partial charge in [0.05, 0.1) is 14.2 Å². The maximum absolute atomic E-state index is 12.2. The molecule has 0 aliphatic rings. The maximum Gasteiger partial charge on any atom is 0.321 e. The number of phenolic OH excluding ortho intramolecular Hbond substituents is 1. The molecule has 0 amide bonds. The number of benzene rings is 1. The van der Waals surface area contributed by atoms with Crippen molar-refractivity contribution >= 4 is 11.9 Å². The van der Waals surface area contributed by atoms with Gasteiger partial charge >= 0.3 is 11.9 Å². The van der Waals surface area contributed by atoms with E-state index in [1.807, 2.05) is 0 Å². The quantitative estimate of drug-likeness (QED) is 0.662. The van der Waals surface area contributed by atoms with Gasteiger partial charge in [0, 0.05) is 0 Å². The lowest BCUT2D eigenvalue weighted by atomic mass is 9.98. The molecule has 6 nitrogen and oxygen atoms in total. The Morgan fingerprint density at radius 3 is 2.32 bits per heavy atom. The van der Waals surface area contributed by atoms with Gasteiger partial charge in [0.15, 0.2) is 17.4 Å². The first-order valence-corrected chi connectivity index (χ1v) is 6.84. The van der Waals surface area contributed by atoms with Crippen molar-refractivity contribution in [3.63, 3.8) is 0 Å². The standard InChI is InChI=1S/C16H22O6/c1-16(2,3)22-15(19)11(14(18)21-5)8-10-6-7-12(17)13(9-10)20-4/h6-7,9,11,17H,8H2,1-5H3. The van der Waals surface area contributed by atoms with Crippen molar-refractivity contribution in [2.75, 3.05) is 14.2 Å². The molecular weight excluding hydrogens is 288 g/mol. The zero-order valence-electron chi connectivity index (χ0n) is 13.5. The lowest BCUT2D eigenvalue weighted by molar-refractivity contribution is -0.168. The van der Waals surface area contributed by atoms with E-state index in [4.69, 9.17) is 9.47 Å². The average molecular weight is 310 g/mol. The number of rotatable bonds is 5. The van der Waals surface area contributed by atoms with Crippen molar-refractivity contribution in [1.29, 1.82) is 0 Å². The fraction of sp³-hybridized carbons (Fsp3) is 0.500. The predicted octanol–water partition coefficient (Wildman–Crippen LogP) is 2.07. The monoisotopic (exact) mass is 310 g/mol. The van der Waals surface area contributed by atoms with E-state index in [1.165, 1.54) is 20.3 Å². The van der Waals surface area contributed by atoms with Gasteiger partial charge in [-0.05, 0) is 44.9 Å². The zero-order valence-corrected chi connectivity index (χ0v) is 13.5. The van der Waals surface area contributed by atoms with E-state index in [0.717, 1.165) is 0 Å². The summed E-state index contributed by atoms with van der Waals surface area (Å²) < 4.78 is 14.9. The summed E-state index contributed by atoms with van der Waals surface area (Å²) in [6.07, 6.45) is 0.0955. The molecule has 0 radical (unpaired) electrons. The number of carbonyl (C=O) groups is 2. The smallest absolute Gasteiger partial charge is 0.321 e. The van der Waals surface area contributed by atoms with E-state index in [-0.39, 0.29) is 17.9 Å². The summed E-state index contributed by atoms with van der Waals surface area (Å²) in [6, 6.07) is 4.62. The highest BCUT2D eigenvalue weighted by Crippen LogP contribution is 2.28. The topological polar surface area (TPSA) is 82.1 Å². The van der Waals surface area contributed by atoms with Crippen LogP contribution in [0.25, 0.3) is 0 Å². The fourth-order valence-corrected chi connectivity index (χ4v) is 1.86. The normalized spacial score (nSPS) is 12.4. The van der Waals surface area contributed by atoms with Gasteiger partial charge in [-0.1, -0.05) is 6.07 Å². The van der Waals surface area contributed by atoms with Crippen LogP contribution in [0.1, 0.15) is 26.3 Å². The van der Waals surface area contributed by atoms with Gasteiger partial charge in [-0.3, -0.25) is 9.59 Å². The summed E-state index contributed by atoms with van der Waals surface area (Å²) in [6.45, 7) is 5.18. The van der Waals surface area contributed by atoms with Crippen molar-refractivity contribution in [3.05, 3.63) is 23.8 Å². The Labute approximate surface area is 130 Å². The highest BCUT2D eigenvalue weighted by molar-refractivity contribution is 5.95. The van der Waals surface area contributed by atoms with Crippen molar-refractivity contribution in [2.45, 2.75) is 32.8 Å². The third kappa shape index (κ3) is 4.95. The molecule has 6 heteroatoms. The van der Waals surface area contributed by atoms with Gasteiger partial charge in [0.1, 0.15) is 5.60 Å². The molecule has 1 aromatic rings. The van der Waals surface area contributed by atoms with E-state index in [0.29, 0.717) is 5.56 Å². The van der Waals surface area contributed by atoms with E-state index in [1.54, 1.807) is 32.9 Å². The van der Waals surface area contributed by atoms with Crippen LogP contribution in [0.4, 0.5) is 0 Å². The summed E-state index contributed by atoms with van der Waals surface area (Å²) >= 11 is 0. The number of ether oxygens (including phenoxy) is 3. The van der Waals surface area contributed by atoms with Gasteiger partial charge in [-0.15, -0.1) is 0 Å². The second-order valence-corrected chi connectivity index (χ2v) is 5.82. The Kier molecular flexibility index (Phi) is 5.79. The molecule has 0 saturated carbocycles. The van der Waals surface area contributed by atoms with Crippen molar-refractivity contribution in [1.82, 2.24) is 0 Å². The van der Waals surface area contributed by atoms with Crippen LogP contribution in [-0.2, 0) is 25.5 Å². The Hall–Kier alpha value is -2.24. The second-order valence-electron chi connectivity index (χ2n) is 5.82. The Bertz CT molecular complexity index is 544. The van der Waals surface area contributed by atoms with Gasteiger partial charge in [-0.25, -0.2) is 0 Å². The molecule has 0 heterocycles. The second kappa shape index (κ2) is 7.15. The van der Waals surface area contributed by atoms with Crippen LogP contribution in [0, 0.1) is 5.92 Å². The fourth-order valence-electron chi connectivity index (χ4n) is 1.86. The third-order valence-corrected chi connectivity index (χ3v) is 2.86. The third-order valence-electron chi connectivity index (χ3n) is 2.86. The lowest BCUT2D eigenvalue weighted by Gasteiger charge is -2.23. The molecule has 122 valence electrons. The van der Waals surface area contributed by atoms with Gasteiger partial charge in [0.25, 0.3) is 0 Å². The Morgan fingerprint density at radius 1 is 1.18 bits per heavy atom. The summed E-state index contributed by atoms with van der Waals surface area (Å²) in [4.78, 5) is 24.0. The van der Waals surface area contributed by atoms with Gasteiger partial charge < -0.3 is 19.3 Å². The summed E-state index contributed by atoms with van der Waals surface area (Å²) in [5.74, 6) is -2.13. The van der Waals surface area contributed by atoms with Crippen molar-refractivity contribution in [2.24, 2.45) is 5.92 Å². The van der Waals surface area contributed by atoms with Crippen molar-refractivity contribution < 1.29 is 28.9 Å². The number of methoxy groups -OCH3 is 2. The van der Waals surface area contributed by atoms with Crippen molar-refractivity contribution in [3.8, 4) is 11.5 Å². The molecule has 1 aromatic carbocycles. The molecule has 0 aliphatic heterocycles. The van der Waals surface area contributed by atoms with Crippen LogP contribution in [0.15, 0.2) is 18.2 Å². The number of hydrogen-bond donors (Lipinski definition) is 1. The molecular formula is C16H22O6. The molecule has 0 spiro atoms.